The van der Waals surface area contributed by atoms with Crippen LogP contribution in [0.25, 0.3) is 11.0 Å². The number of nitrogens with one attached hydrogen (secondary N) is 3. The predicted molar refractivity (Wildman–Crippen MR) is 101 cm³/mol. The highest BCUT2D eigenvalue weighted by Gasteiger charge is 2.29. The molecule has 4 rings (SSSR count). The van der Waals surface area contributed by atoms with Crippen LogP contribution in [0.15, 0.2) is 52.9 Å². The van der Waals surface area contributed by atoms with E-state index in [0.29, 0.717) is 22.6 Å². The van der Waals surface area contributed by atoms with Crippen LogP contribution in [0.2, 0.25) is 0 Å². The topological polar surface area (TPSA) is 110 Å². The number of aryl methyl sites for hydroxylation is 1. The molecule has 8 heteroatoms. The maximum absolute atomic E-state index is 12.3. The molecule has 2 aromatic carbocycles. The standard InChI is InChI=1S/C20H17N3O5/c1-11-12-6-2-4-8-14(12)28-18(11)20(26)23-22-17(24)10-16-19(25)21-13-7-3-5-9-15(13)27-16/h2-9,16H,10H2,1H3,(H,21,25)(H,22,24)(H,23,26)/t16-/m0/s1. The summed E-state index contributed by atoms with van der Waals surface area (Å²) in [5.74, 6) is -0.972. The Balaban J connectivity index is 1.37. The van der Waals surface area contributed by atoms with Gasteiger partial charge >= 0.3 is 5.91 Å². The van der Waals surface area contributed by atoms with Crippen molar-refractivity contribution in [2.75, 3.05) is 5.32 Å². The zero-order chi connectivity index (χ0) is 19.7. The highest BCUT2D eigenvalue weighted by atomic mass is 16.5. The summed E-state index contributed by atoms with van der Waals surface area (Å²) in [6.07, 6.45) is -1.24. The first-order valence-electron chi connectivity index (χ1n) is 8.67. The molecule has 1 aliphatic rings. The number of para-hydroxylation sites is 3. The molecule has 3 N–H and O–H groups in total. The van der Waals surface area contributed by atoms with E-state index in [1.807, 2.05) is 18.2 Å². The lowest BCUT2D eigenvalue weighted by atomic mass is 10.1. The van der Waals surface area contributed by atoms with Crippen LogP contribution in [0.5, 0.6) is 5.75 Å². The SMILES string of the molecule is Cc1c(C(=O)NNC(=O)C[C@@H]2Oc3ccccc3NC2=O)oc2ccccc12. The highest BCUT2D eigenvalue weighted by molar-refractivity contribution is 6.01. The molecule has 1 atom stereocenters. The quantitative estimate of drug-likeness (QED) is 0.605. The van der Waals surface area contributed by atoms with Gasteiger partial charge in [0.15, 0.2) is 11.9 Å². The second-order valence-electron chi connectivity index (χ2n) is 6.35. The molecule has 0 bridgehead atoms. The number of hydrazine groups is 1. The first kappa shape index (κ1) is 17.6. The van der Waals surface area contributed by atoms with Crippen LogP contribution in [0.3, 0.4) is 0 Å². The van der Waals surface area contributed by atoms with Gasteiger partial charge in [-0.05, 0) is 25.1 Å². The number of carbonyl (C=O) groups is 3. The van der Waals surface area contributed by atoms with Crippen molar-refractivity contribution in [3.63, 3.8) is 0 Å². The molecule has 0 saturated heterocycles. The smallest absolute Gasteiger partial charge is 0.305 e. The summed E-state index contributed by atoms with van der Waals surface area (Å²) in [5, 5.41) is 3.51. The third kappa shape index (κ3) is 3.27. The predicted octanol–water partition coefficient (Wildman–Crippen LogP) is 2.29. The van der Waals surface area contributed by atoms with Gasteiger partial charge in [0.05, 0.1) is 12.1 Å². The summed E-state index contributed by atoms with van der Waals surface area (Å²) in [6, 6.07) is 14.2. The Kier molecular flexibility index (Phi) is 4.44. The molecule has 0 unspecified atom stereocenters. The molecule has 0 aliphatic carbocycles. The Bertz CT molecular complexity index is 1090. The van der Waals surface area contributed by atoms with Crippen LogP contribution in [0.1, 0.15) is 22.5 Å². The molecule has 0 saturated carbocycles. The first-order chi connectivity index (χ1) is 13.5. The number of rotatable bonds is 3. The second-order valence-corrected chi connectivity index (χ2v) is 6.35. The molecule has 1 aromatic heterocycles. The van der Waals surface area contributed by atoms with Gasteiger partial charge in [0, 0.05) is 10.9 Å². The summed E-state index contributed by atoms with van der Waals surface area (Å²) < 4.78 is 11.1. The summed E-state index contributed by atoms with van der Waals surface area (Å²) in [6.45, 7) is 1.76. The normalized spacial score (nSPS) is 15.3. The van der Waals surface area contributed by atoms with Crippen LogP contribution in [0.4, 0.5) is 5.69 Å². The number of amides is 3. The van der Waals surface area contributed by atoms with Crippen LogP contribution in [-0.4, -0.2) is 23.8 Å². The third-order valence-corrected chi connectivity index (χ3v) is 4.44. The van der Waals surface area contributed by atoms with Gasteiger partial charge in [-0.1, -0.05) is 30.3 Å². The molecule has 0 spiro atoms. The number of fused-ring (bicyclic) bond motifs is 2. The molecule has 0 radical (unpaired) electrons. The minimum absolute atomic E-state index is 0.113. The van der Waals surface area contributed by atoms with Crippen molar-refractivity contribution in [2.45, 2.75) is 19.4 Å². The van der Waals surface area contributed by atoms with Gasteiger partial charge in [0.2, 0.25) is 5.91 Å². The van der Waals surface area contributed by atoms with Gasteiger partial charge in [0.25, 0.3) is 5.91 Å². The van der Waals surface area contributed by atoms with E-state index in [2.05, 4.69) is 16.2 Å². The zero-order valence-corrected chi connectivity index (χ0v) is 14.9. The van der Waals surface area contributed by atoms with E-state index in [1.165, 1.54) is 0 Å². The van der Waals surface area contributed by atoms with Gasteiger partial charge < -0.3 is 14.5 Å². The lowest BCUT2D eigenvalue weighted by Gasteiger charge is -2.25. The van der Waals surface area contributed by atoms with E-state index >= 15 is 0 Å². The monoisotopic (exact) mass is 379 g/mol. The minimum atomic E-state index is -0.986. The number of hydrogen-bond acceptors (Lipinski definition) is 5. The van der Waals surface area contributed by atoms with Crippen LogP contribution in [0, 0.1) is 6.92 Å². The summed E-state index contributed by atoms with van der Waals surface area (Å²) in [5.41, 5.74) is 6.40. The Labute approximate surface area is 159 Å². The molecular formula is C20H17N3O5. The van der Waals surface area contributed by atoms with Crippen LogP contribution >= 0.6 is 0 Å². The number of furan rings is 1. The largest absolute Gasteiger partial charge is 0.478 e. The highest BCUT2D eigenvalue weighted by Crippen LogP contribution is 2.29. The average Bonchev–Trinajstić information content (AvgIpc) is 3.04. The molecule has 28 heavy (non-hydrogen) atoms. The molecular weight excluding hydrogens is 362 g/mol. The van der Waals surface area contributed by atoms with Crippen LogP contribution in [-0.2, 0) is 9.59 Å². The fourth-order valence-electron chi connectivity index (χ4n) is 3.02. The van der Waals surface area contributed by atoms with Gasteiger partial charge in [-0.25, -0.2) is 0 Å². The zero-order valence-electron chi connectivity index (χ0n) is 14.9. The molecule has 2 heterocycles. The average molecular weight is 379 g/mol. The number of anilines is 1. The van der Waals surface area contributed by atoms with Crippen LogP contribution < -0.4 is 20.9 Å². The third-order valence-electron chi connectivity index (χ3n) is 4.44. The van der Waals surface area contributed by atoms with Gasteiger partial charge in [-0.3, -0.25) is 25.2 Å². The Hall–Kier alpha value is -3.81. The number of hydrogen-bond donors (Lipinski definition) is 3. The number of ether oxygens (including phenoxy) is 1. The molecule has 8 nitrogen and oxygen atoms in total. The van der Waals surface area contributed by atoms with E-state index in [4.69, 9.17) is 9.15 Å². The summed E-state index contributed by atoms with van der Waals surface area (Å²) in [4.78, 5) is 36.6. The second kappa shape index (κ2) is 7.07. The Morgan fingerprint density at radius 1 is 1.07 bits per heavy atom. The molecule has 3 aromatic rings. The van der Waals surface area contributed by atoms with Crippen molar-refractivity contribution in [2.24, 2.45) is 0 Å². The van der Waals surface area contributed by atoms with Gasteiger partial charge in [-0.15, -0.1) is 0 Å². The van der Waals surface area contributed by atoms with Crippen molar-refractivity contribution in [3.05, 3.63) is 59.9 Å². The van der Waals surface area contributed by atoms with Crippen molar-refractivity contribution in [1.82, 2.24) is 10.9 Å². The molecule has 1 aliphatic heterocycles. The van der Waals surface area contributed by atoms with Crippen molar-refractivity contribution >= 4 is 34.4 Å². The lowest BCUT2D eigenvalue weighted by molar-refractivity contribution is -0.130. The first-order valence-corrected chi connectivity index (χ1v) is 8.67. The van der Waals surface area contributed by atoms with Crippen molar-refractivity contribution in [1.29, 1.82) is 0 Å². The molecule has 142 valence electrons. The number of carbonyl (C=O) groups excluding carboxylic acids is 3. The lowest BCUT2D eigenvalue weighted by Crippen LogP contribution is -2.46. The van der Waals surface area contributed by atoms with E-state index in [1.54, 1.807) is 37.3 Å². The minimum Gasteiger partial charge on any atom is -0.478 e. The van der Waals surface area contributed by atoms with Gasteiger partial charge in [0.1, 0.15) is 11.3 Å². The van der Waals surface area contributed by atoms with E-state index in [-0.39, 0.29) is 12.2 Å². The Morgan fingerprint density at radius 2 is 1.82 bits per heavy atom. The van der Waals surface area contributed by atoms with Crippen molar-refractivity contribution < 1.29 is 23.5 Å². The maximum Gasteiger partial charge on any atom is 0.305 e. The van der Waals surface area contributed by atoms with Gasteiger partial charge in [-0.2, -0.15) is 0 Å². The van der Waals surface area contributed by atoms with E-state index in [0.717, 1.165) is 5.39 Å². The fourth-order valence-corrected chi connectivity index (χ4v) is 3.02. The fraction of sp³-hybridized carbons (Fsp3) is 0.150. The Morgan fingerprint density at radius 3 is 2.64 bits per heavy atom. The molecule has 0 fully saturated rings. The van der Waals surface area contributed by atoms with Crippen molar-refractivity contribution in [3.8, 4) is 5.75 Å². The summed E-state index contributed by atoms with van der Waals surface area (Å²) in [7, 11) is 0. The van der Waals surface area contributed by atoms with E-state index < -0.39 is 23.8 Å². The maximum atomic E-state index is 12.3. The number of benzene rings is 2. The summed E-state index contributed by atoms with van der Waals surface area (Å²) >= 11 is 0. The molecule has 3 amide bonds. The van der Waals surface area contributed by atoms with E-state index in [9.17, 15) is 14.4 Å².